The van der Waals surface area contributed by atoms with Crippen LogP contribution in [0.15, 0.2) is 48.5 Å². The molecule has 0 spiro atoms. The fourth-order valence-corrected chi connectivity index (χ4v) is 5.55. The molecule has 0 radical (unpaired) electrons. The Kier molecular flexibility index (Phi) is 6.00. The van der Waals surface area contributed by atoms with Gasteiger partial charge in [0, 0.05) is 43.0 Å². The summed E-state index contributed by atoms with van der Waals surface area (Å²) >= 11 is 1.55. The number of amides is 1. The van der Waals surface area contributed by atoms with Crippen LogP contribution in [0.3, 0.4) is 0 Å². The molecule has 0 N–H and O–H groups in total. The molecule has 5 nitrogen and oxygen atoms in total. The van der Waals surface area contributed by atoms with Crippen molar-refractivity contribution < 1.29 is 18.7 Å². The van der Waals surface area contributed by atoms with Gasteiger partial charge in [-0.15, -0.1) is 11.3 Å². The van der Waals surface area contributed by atoms with Gasteiger partial charge in [-0.3, -0.25) is 9.69 Å². The van der Waals surface area contributed by atoms with Crippen LogP contribution in [-0.2, 0) is 16.0 Å². The Morgan fingerprint density at radius 2 is 1.81 bits per heavy atom. The van der Waals surface area contributed by atoms with Crippen LogP contribution in [0.1, 0.15) is 26.9 Å². The van der Waals surface area contributed by atoms with E-state index < -0.39 is 0 Å². The van der Waals surface area contributed by atoms with Crippen molar-refractivity contribution in [1.82, 2.24) is 9.80 Å². The van der Waals surface area contributed by atoms with E-state index in [1.807, 2.05) is 29.2 Å². The van der Waals surface area contributed by atoms with Gasteiger partial charge in [0.2, 0.25) is 0 Å². The summed E-state index contributed by atoms with van der Waals surface area (Å²) in [6.45, 7) is 5.23. The van der Waals surface area contributed by atoms with Crippen LogP contribution in [0.4, 0.5) is 4.39 Å². The van der Waals surface area contributed by atoms with Gasteiger partial charge >= 0.3 is 0 Å². The molecule has 2 aliphatic rings. The van der Waals surface area contributed by atoms with Crippen LogP contribution >= 0.6 is 11.3 Å². The van der Waals surface area contributed by atoms with Gasteiger partial charge in [-0.2, -0.15) is 0 Å². The standard InChI is InChI=1S/C24H25FN2O3S/c25-18-7-5-17(6-8-18)15-26-9-14-30-20(16-26)22-19-3-1-2-4-21(19)31-23(22)24(28)27-10-12-29-13-11-27/h1-8,20H,9-16H2. The number of hydrogen-bond acceptors (Lipinski definition) is 5. The maximum absolute atomic E-state index is 13.4. The largest absolute Gasteiger partial charge is 0.378 e. The molecule has 3 aromatic rings. The summed E-state index contributed by atoms with van der Waals surface area (Å²) in [6, 6.07) is 14.8. The number of carbonyl (C=O) groups excluding carboxylic acids is 1. The second-order valence-electron chi connectivity index (χ2n) is 7.97. The predicted octanol–water partition coefficient (Wildman–Crippen LogP) is 4.09. The number of halogens is 1. The molecule has 1 unspecified atom stereocenters. The van der Waals surface area contributed by atoms with Crippen LogP contribution in [0.25, 0.3) is 10.1 Å². The summed E-state index contributed by atoms with van der Waals surface area (Å²) in [5.41, 5.74) is 2.07. The Labute approximate surface area is 185 Å². The highest BCUT2D eigenvalue weighted by atomic mass is 32.1. The summed E-state index contributed by atoms with van der Waals surface area (Å²) < 4.78 is 26.0. The lowest BCUT2D eigenvalue weighted by molar-refractivity contribution is -0.0325. The highest BCUT2D eigenvalue weighted by molar-refractivity contribution is 7.21. The number of fused-ring (bicyclic) bond motifs is 1. The Bertz CT molecular complexity index is 1060. The molecule has 0 saturated carbocycles. The molecule has 1 amide bonds. The number of rotatable bonds is 4. The fraction of sp³-hybridized carbons (Fsp3) is 0.375. The van der Waals surface area contributed by atoms with Crippen LogP contribution in [0, 0.1) is 5.82 Å². The molecule has 1 atom stereocenters. The molecule has 2 saturated heterocycles. The third-order valence-corrected chi connectivity index (χ3v) is 7.09. The second kappa shape index (κ2) is 9.04. The SMILES string of the molecule is O=C(c1sc2ccccc2c1C1CN(Cc2ccc(F)cc2)CCO1)N1CCOCC1. The van der Waals surface area contributed by atoms with Gasteiger partial charge in [0.15, 0.2) is 0 Å². The first-order chi connectivity index (χ1) is 15.2. The van der Waals surface area contributed by atoms with Gasteiger partial charge in [-0.1, -0.05) is 30.3 Å². The number of morpholine rings is 2. The summed E-state index contributed by atoms with van der Waals surface area (Å²) in [5, 5.41) is 1.10. The number of carbonyl (C=O) groups is 1. The van der Waals surface area contributed by atoms with E-state index in [0.717, 1.165) is 39.2 Å². The highest BCUT2D eigenvalue weighted by Crippen LogP contribution is 2.39. The van der Waals surface area contributed by atoms with Crippen molar-refractivity contribution in [1.29, 1.82) is 0 Å². The van der Waals surface area contributed by atoms with Crippen molar-refractivity contribution in [2.24, 2.45) is 0 Å². The van der Waals surface area contributed by atoms with Gasteiger partial charge in [0.1, 0.15) is 5.82 Å². The van der Waals surface area contributed by atoms with E-state index in [9.17, 15) is 9.18 Å². The average molecular weight is 441 g/mol. The molecule has 0 bridgehead atoms. The van der Waals surface area contributed by atoms with Crippen LogP contribution < -0.4 is 0 Å². The number of hydrogen-bond donors (Lipinski definition) is 0. The first-order valence-electron chi connectivity index (χ1n) is 10.7. The molecule has 2 aliphatic heterocycles. The van der Waals surface area contributed by atoms with Crippen molar-refractivity contribution in [3.63, 3.8) is 0 Å². The molecule has 1 aromatic heterocycles. The summed E-state index contributed by atoms with van der Waals surface area (Å²) in [7, 11) is 0. The lowest BCUT2D eigenvalue weighted by atomic mass is 10.0. The maximum Gasteiger partial charge on any atom is 0.264 e. The Morgan fingerprint density at radius 1 is 1.03 bits per heavy atom. The fourth-order valence-electron chi connectivity index (χ4n) is 4.32. The molecule has 0 aliphatic carbocycles. The van der Waals surface area contributed by atoms with E-state index in [2.05, 4.69) is 17.0 Å². The number of nitrogens with zero attached hydrogens (tertiary/aromatic N) is 2. The van der Waals surface area contributed by atoms with Crippen molar-refractivity contribution in [2.75, 3.05) is 46.0 Å². The first-order valence-corrected chi connectivity index (χ1v) is 11.5. The lowest BCUT2D eigenvalue weighted by Crippen LogP contribution is -2.41. The Hall–Kier alpha value is -2.32. The molecule has 162 valence electrons. The zero-order chi connectivity index (χ0) is 21.2. The van der Waals surface area contributed by atoms with E-state index in [-0.39, 0.29) is 17.8 Å². The monoisotopic (exact) mass is 440 g/mol. The normalized spacial score (nSPS) is 20.3. The zero-order valence-electron chi connectivity index (χ0n) is 17.3. The molecular formula is C24H25FN2O3S. The minimum absolute atomic E-state index is 0.0683. The van der Waals surface area contributed by atoms with E-state index in [1.54, 1.807) is 11.3 Å². The van der Waals surface area contributed by atoms with Crippen molar-refractivity contribution in [2.45, 2.75) is 12.6 Å². The smallest absolute Gasteiger partial charge is 0.264 e. The Balaban J connectivity index is 1.44. The van der Waals surface area contributed by atoms with E-state index in [1.165, 1.54) is 12.1 Å². The van der Waals surface area contributed by atoms with E-state index >= 15 is 0 Å². The van der Waals surface area contributed by atoms with Crippen molar-refractivity contribution >= 4 is 27.3 Å². The molecule has 2 fully saturated rings. The van der Waals surface area contributed by atoms with Gasteiger partial charge < -0.3 is 14.4 Å². The molecule has 2 aromatic carbocycles. The number of benzene rings is 2. The number of thiophene rings is 1. The Morgan fingerprint density at radius 3 is 2.61 bits per heavy atom. The minimum atomic E-state index is -0.223. The summed E-state index contributed by atoms with van der Waals surface area (Å²) in [4.78, 5) is 18.4. The van der Waals surface area contributed by atoms with Crippen LogP contribution in [-0.4, -0.2) is 61.7 Å². The molecular weight excluding hydrogens is 415 g/mol. The highest BCUT2D eigenvalue weighted by Gasteiger charge is 2.31. The van der Waals surface area contributed by atoms with Crippen molar-refractivity contribution in [3.8, 4) is 0 Å². The second-order valence-corrected chi connectivity index (χ2v) is 9.02. The van der Waals surface area contributed by atoms with Gasteiger partial charge in [-0.25, -0.2) is 4.39 Å². The third-order valence-electron chi connectivity index (χ3n) is 5.92. The van der Waals surface area contributed by atoms with E-state index in [4.69, 9.17) is 9.47 Å². The maximum atomic E-state index is 13.4. The zero-order valence-corrected chi connectivity index (χ0v) is 18.1. The number of ether oxygens (including phenoxy) is 2. The molecule has 3 heterocycles. The van der Waals surface area contributed by atoms with E-state index in [0.29, 0.717) is 39.5 Å². The summed E-state index contributed by atoms with van der Waals surface area (Å²) in [5.74, 6) is -0.154. The van der Waals surface area contributed by atoms with Gasteiger partial charge in [-0.05, 0) is 29.1 Å². The van der Waals surface area contributed by atoms with Gasteiger partial charge in [0.05, 0.1) is 30.8 Å². The molecule has 31 heavy (non-hydrogen) atoms. The van der Waals surface area contributed by atoms with Crippen LogP contribution in [0.5, 0.6) is 0 Å². The summed E-state index contributed by atoms with van der Waals surface area (Å²) in [6.07, 6.45) is -0.176. The van der Waals surface area contributed by atoms with Crippen molar-refractivity contribution in [3.05, 3.63) is 70.4 Å². The minimum Gasteiger partial charge on any atom is -0.378 e. The topological polar surface area (TPSA) is 42.0 Å². The molecule has 7 heteroatoms. The quantitative estimate of drug-likeness (QED) is 0.613. The third kappa shape index (κ3) is 4.36. The van der Waals surface area contributed by atoms with Gasteiger partial charge in [0.25, 0.3) is 5.91 Å². The average Bonchev–Trinajstić information content (AvgIpc) is 3.20. The lowest BCUT2D eigenvalue weighted by Gasteiger charge is -2.34. The first kappa shape index (κ1) is 20.6. The predicted molar refractivity (Wildman–Crippen MR) is 119 cm³/mol. The van der Waals surface area contributed by atoms with Crippen LogP contribution in [0.2, 0.25) is 0 Å². The molecule has 5 rings (SSSR count).